The molecule has 3 aromatic rings. The standard InChI is InChI=1S/C19H19N7O6.2Mo/c20-19-25-15-14(17(30)26-19)23-11(8-22-15)7-21-10-3-1-9(2-4-10)16(29)24-12(18(31)32)5-6-13(27)28;;/h1-4,8,12,21H,5-7H2,(H,24,29)(H,27,28)(H,31,32)(H3,20,22,25,26,30);;/t12-;;/m0../s1. The van der Waals surface area contributed by atoms with E-state index in [1.807, 2.05) is 0 Å². The zero-order valence-electron chi connectivity index (χ0n) is 17.3. The van der Waals surface area contributed by atoms with Crippen molar-refractivity contribution in [3.05, 3.63) is 52.1 Å². The minimum atomic E-state index is -1.31. The summed E-state index contributed by atoms with van der Waals surface area (Å²) in [6.07, 6.45) is 0.840. The minimum Gasteiger partial charge on any atom is -0.481 e. The molecule has 0 bridgehead atoms. The van der Waals surface area contributed by atoms with Crippen molar-refractivity contribution in [2.75, 3.05) is 11.1 Å². The average molecular weight is 633 g/mol. The van der Waals surface area contributed by atoms with Crippen LogP contribution >= 0.6 is 0 Å². The Bertz CT molecular complexity index is 1240. The maximum Gasteiger partial charge on any atom is 0.326 e. The molecule has 0 aliphatic heterocycles. The summed E-state index contributed by atoms with van der Waals surface area (Å²) in [7, 11) is 0. The van der Waals surface area contributed by atoms with Gasteiger partial charge in [0.15, 0.2) is 11.2 Å². The molecule has 2 aromatic heterocycles. The first-order valence-corrected chi connectivity index (χ1v) is 9.33. The number of nitrogens with zero attached hydrogens (tertiary/aromatic N) is 3. The summed E-state index contributed by atoms with van der Waals surface area (Å²) in [6, 6.07) is 4.86. The van der Waals surface area contributed by atoms with Crippen LogP contribution in [0.25, 0.3) is 11.2 Å². The monoisotopic (exact) mass is 637 g/mol. The van der Waals surface area contributed by atoms with Crippen molar-refractivity contribution in [3.8, 4) is 0 Å². The summed E-state index contributed by atoms with van der Waals surface area (Å²) in [6.45, 7) is 0.231. The summed E-state index contributed by atoms with van der Waals surface area (Å²) in [5, 5.41) is 23.2. The van der Waals surface area contributed by atoms with Gasteiger partial charge in [0, 0.05) is 59.8 Å². The number of nitrogens with one attached hydrogen (secondary N) is 3. The maximum absolute atomic E-state index is 12.3. The van der Waals surface area contributed by atoms with Crippen LogP contribution < -0.4 is 21.9 Å². The van der Waals surface area contributed by atoms with Gasteiger partial charge >= 0.3 is 11.9 Å². The molecule has 7 N–H and O–H groups in total. The predicted molar refractivity (Wildman–Crippen MR) is 112 cm³/mol. The molecule has 0 fully saturated rings. The molecule has 1 amide bonds. The number of aromatic amines is 1. The summed E-state index contributed by atoms with van der Waals surface area (Å²) in [5.41, 5.74) is 6.47. The number of carboxylic acid groups (broad SMARTS) is 2. The Labute approximate surface area is 220 Å². The molecule has 3 rings (SSSR count). The van der Waals surface area contributed by atoms with Crippen LogP contribution in [0.4, 0.5) is 11.6 Å². The number of nitrogens with two attached hydrogens (primary N) is 1. The predicted octanol–water partition coefficient (Wildman–Crippen LogP) is -0.0498. The van der Waals surface area contributed by atoms with E-state index in [2.05, 4.69) is 30.6 Å². The minimum absolute atomic E-state index is 0. The number of hydrogen-bond donors (Lipinski definition) is 6. The van der Waals surface area contributed by atoms with Crippen LogP contribution in [0, 0.1) is 0 Å². The molecule has 15 heteroatoms. The molecule has 178 valence electrons. The van der Waals surface area contributed by atoms with E-state index < -0.39 is 29.4 Å². The van der Waals surface area contributed by atoms with E-state index in [0.29, 0.717) is 11.4 Å². The molecule has 34 heavy (non-hydrogen) atoms. The average Bonchev–Trinajstić information content (AvgIpc) is 2.75. The number of amides is 1. The largest absolute Gasteiger partial charge is 0.481 e. The first-order chi connectivity index (χ1) is 15.2. The van der Waals surface area contributed by atoms with Gasteiger partial charge in [0.25, 0.3) is 11.5 Å². The molecule has 0 saturated heterocycles. The van der Waals surface area contributed by atoms with Crippen molar-refractivity contribution in [1.82, 2.24) is 25.3 Å². The number of carboxylic acids is 2. The van der Waals surface area contributed by atoms with E-state index in [0.717, 1.165) is 0 Å². The number of H-pyrrole nitrogens is 1. The third-order valence-corrected chi connectivity index (χ3v) is 4.36. The second kappa shape index (κ2) is 12.9. The van der Waals surface area contributed by atoms with Gasteiger partial charge in [-0.2, -0.15) is 4.98 Å². The quantitative estimate of drug-likeness (QED) is 0.172. The van der Waals surface area contributed by atoms with Crippen LogP contribution in [0.15, 0.2) is 35.3 Å². The number of anilines is 2. The number of benzene rings is 1. The smallest absolute Gasteiger partial charge is 0.326 e. The van der Waals surface area contributed by atoms with E-state index in [9.17, 15) is 19.2 Å². The number of hydrogen-bond acceptors (Lipinski definition) is 9. The van der Waals surface area contributed by atoms with Crippen LogP contribution in [-0.4, -0.2) is 54.0 Å². The van der Waals surface area contributed by atoms with Crippen LogP contribution in [0.3, 0.4) is 0 Å². The zero-order valence-corrected chi connectivity index (χ0v) is 21.4. The number of rotatable bonds is 9. The Morgan fingerprint density at radius 2 is 1.76 bits per heavy atom. The molecule has 0 radical (unpaired) electrons. The molecular weight excluding hydrogens is 614 g/mol. The fourth-order valence-corrected chi connectivity index (χ4v) is 2.75. The van der Waals surface area contributed by atoms with Crippen LogP contribution in [0.1, 0.15) is 28.9 Å². The SMILES string of the molecule is Nc1nc2ncc(CNc3ccc(C(=O)N[C@@H](CCC(=O)O)C(=O)O)cc3)nc2c(=O)[nH]1.[Mo].[Mo]. The number of carbonyl (C=O) groups excluding carboxylic acids is 1. The molecule has 0 spiro atoms. The van der Waals surface area contributed by atoms with Gasteiger partial charge in [0.05, 0.1) is 18.4 Å². The van der Waals surface area contributed by atoms with Crippen molar-refractivity contribution < 1.29 is 66.7 Å². The first-order valence-electron chi connectivity index (χ1n) is 9.33. The van der Waals surface area contributed by atoms with E-state index in [-0.39, 0.29) is 84.2 Å². The Kier molecular flexibility index (Phi) is 11.0. The zero-order chi connectivity index (χ0) is 23.3. The number of fused-ring (bicyclic) bond motifs is 1. The Hall–Kier alpha value is -3.17. The molecular formula is C19H19Mo2N7O6. The van der Waals surface area contributed by atoms with Crippen LogP contribution in [0.5, 0.6) is 0 Å². The molecule has 0 saturated carbocycles. The Balaban J connectivity index is 0.00000289. The molecule has 0 aliphatic rings. The van der Waals surface area contributed by atoms with Crippen molar-refractivity contribution in [2.24, 2.45) is 0 Å². The fraction of sp³-hybridized carbons (Fsp3) is 0.211. The van der Waals surface area contributed by atoms with E-state index in [4.69, 9.17) is 15.9 Å². The van der Waals surface area contributed by atoms with Crippen LogP contribution in [-0.2, 0) is 58.3 Å². The number of aliphatic carboxylic acids is 2. The maximum atomic E-state index is 12.3. The van der Waals surface area contributed by atoms with Gasteiger partial charge in [0.1, 0.15) is 6.04 Å². The molecule has 1 atom stereocenters. The first kappa shape index (κ1) is 28.9. The van der Waals surface area contributed by atoms with Gasteiger partial charge < -0.3 is 26.6 Å². The fourth-order valence-electron chi connectivity index (χ4n) is 2.75. The van der Waals surface area contributed by atoms with Gasteiger partial charge in [0.2, 0.25) is 5.95 Å². The summed E-state index contributed by atoms with van der Waals surface area (Å²) in [5.74, 6) is -3.16. The van der Waals surface area contributed by atoms with Gasteiger partial charge in [-0.1, -0.05) is 0 Å². The topological polar surface area (TPSA) is 213 Å². The summed E-state index contributed by atoms with van der Waals surface area (Å²) < 4.78 is 0. The number of nitrogen functional groups attached to an aromatic ring is 1. The van der Waals surface area contributed by atoms with E-state index in [1.165, 1.54) is 18.3 Å². The van der Waals surface area contributed by atoms with Crippen molar-refractivity contribution in [1.29, 1.82) is 0 Å². The van der Waals surface area contributed by atoms with Crippen LogP contribution in [0.2, 0.25) is 0 Å². The molecule has 1 aromatic carbocycles. The number of carbonyl (C=O) groups is 3. The van der Waals surface area contributed by atoms with Gasteiger partial charge in [-0.05, 0) is 30.7 Å². The summed E-state index contributed by atoms with van der Waals surface area (Å²) >= 11 is 0. The van der Waals surface area contributed by atoms with E-state index >= 15 is 0 Å². The van der Waals surface area contributed by atoms with Gasteiger partial charge in [-0.25, -0.2) is 14.8 Å². The molecule has 2 heterocycles. The molecule has 0 aliphatic carbocycles. The third kappa shape index (κ3) is 7.70. The Morgan fingerprint density at radius 1 is 1.09 bits per heavy atom. The van der Waals surface area contributed by atoms with Crippen molar-refractivity contribution in [3.63, 3.8) is 0 Å². The second-order valence-corrected chi connectivity index (χ2v) is 6.71. The normalized spacial score (nSPS) is 10.9. The van der Waals surface area contributed by atoms with Gasteiger partial charge in [-0.15, -0.1) is 0 Å². The van der Waals surface area contributed by atoms with Crippen molar-refractivity contribution in [2.45, 2.75) is 25.4 Å². The Morgan fingerprint density at radius 3 is 2.38 bits per heavy atom. The molecule has 13 nitrogen and oxygen atoms in total. The second-order valence-electron chi connectivity index (χ2n) is 6.71. The van der Waals surface area contributed by atoms with E-state index in [1.54, 1.807) is 12.1 Å². The van der Waals surface area contributed by atoms with Gasteiger partial charge in [-0.3, -0.25) is 19.4 Å². The molecule has 0 unspecified atom stereocenters. The third-order valence-electron chi connectivity index (χ3n) is 4.36. The van der Waals surface area contributed by atoms with Crippen molar-refractivity contribution >= 4 is 40.6 Å². The number of aromatic nitrogens is 4. The summed E-state index contributed by atoms with van der Waals surface area (Å²) in [4.78, 5) is 60.6.